The molecule has 0 bridgehead atoms. The number of hydrogen-bond acceptors (Lipinski definition) is 4. The van der Waals surface area contributed by atoms with Crippen LogP contribution in [0.15, 0.2) is 24.3 Å². The topological polar surface area (TPSA) is 66.9 Å². The van der Waals surface area contributed by atoms with Crippen molar-refractivity contribution in [3.05, 3.63) is 29.8 Å². The Bertz CT molecular complexity index is 504. The molecule has 2 amide bonds. The number of carbonyl (C=O) groups excluding carboxylic acids is 3. The van der Waals surface area contributed by atoms with Crippen LogP contribution in [0.1, 0.15) is 10.4 Å². The van der Waals surface area contributed by atoms with Gasteiger partial charge >= 0.3 is 0 Å². The maximum absolute atomic E-state index is 12.1. The minimum absolute atomic E-state index is 0.341. The van der Waals surface area contributed by atoms with E-state index in [0.717, 1.165) is 6.41 Å². The molecule has 1 heterocycles. The zero-order valence-corrected chi connectivity index (χ0v) is 11.2. The third-order valence-electron chi connectivity index (χ3n) is 3.30. The van der Waals surface area contributed by atoms with Crippen molar-refractivity contribution in [3.8, 4) is 5.75 Å². The molecular weight excluding hydrogens is 260 g/mol. The van der Waals surface area contributed by atoms with Crippen LogP contribution < -0.4 is 4.74 Å². The molecule has 1 aromatic carbocycles. The molecule has 1 aromatic rings. The van der Waals surface area contributed by atoms with E-state index in [1.54, 1.807) is 29.2 Å². The second-order valence-corrected chi connectivity index (χ2v) is 4.49. The van der Waals surface area contributed by atoms with E-state index in [2.05, 4.69) is 0 Å². The zero-order chi connectivity index (χ0) is 14.5. The van der Waals surface area contributed by atoms with Crippen molar-refractivity contribution >= 4 is 18.1 Å². The normalized spacial score (nSPS) is 14.8. The summed E-state index contributed by atoms with van der Waals surface area (Å²) in [5.74, 6) is -0.429. The van der Waals surface area contributed by atoms with Crippen LogP contribution in [-0.2, 0) is 9.59 Å². The first-order valence-electron chi connectivity index (χ1n) is 6.32. The zero-order valence-electron chi connectivity index (χ0n) is 11.2. The van der Waals surface area contributed by atoms with E-state index in [-0.39, 0.29) is 0 Å². The SMILES string of the molecule is COc1ccc(C(=O)C(=O)N2CCN(C=O)CC2)cc1. The summed E-state index contributed by atoms with van der Waals surface area (Å²) >= 11 is 0. The summed E-state index contributed by atoms with van der Waals surface area (Å²) in [6.07, 6.45) is 0.757. The van der Waals surface area contributed by atoms with Gasteiger partial charge in [0, 0.05) is 31.7 Å². The van der Waals surface area contributed by atoms with Gasteiger partial charge in [-0.3, -0.25) is 14.4 Å². The molecule has 1 aliphatic rings. The molecule has 0 unspecified atom stereocenters. The second kappa shape index (κ2) is 6.18. The van der Waals surface area contributed by atoms with Gasteiger partial charge in [-0.05, 0) is 24.3 Å². The Hall–Kier alpha value is -2.37. The number of piperazine rings is 1. The molecule has 0 aromatic heterocycles. The van der Waals surface area contributed by atoms with E-state index < -0.39 is 11.7 Å². The van der Waals surface area contributed by atoms with Crippen LogP contribution in [0.25, 0.3) is 0 Å². The first-order chi connectivity index (χ1) is 9.65. The molecule has 0 N–H and O–H groups in total. The van der Waals surface area contributed by atoms with Gasteiger partial charge in [-0.25, -0.2) is 0 Å². The standard InChI is InChI=1S/C14H16N2O4/c1-20-12-4-2-11(3-5-12)13(18)14(19)16-8-6-15(10-17)7-9-16/h2-5,10H,6-9H2,1H3. The number of hydrogen-bond donors (Lipinski definition) is 0. The number of nitrogens with zero attached hydrogens (tertiary/aromatic N) is 2. The lowest BCUT2D eigenvalue weighted by molar-refractivity contribution is -0.131. The average Bonchev–Trinajstić information content (AvgIpc) is 2.53. The first-order valence-corrected chi connectivity index (χ1v) is 6.32. The number of rotatable bonds is 4. The Labute approximate surface area is 116 Å². The van der Waals surface area contributed by atoms with Gasteiger partial charge < -0.3 is 14.5 Å². The predicted molar refractivity (Wildman–Crippen MR) is 71.5 cm³/mol. The van der Waals surface area contributed by atoms with Crippen LogP contribution >= 0.6 is 0 Å². The lowest BCUT2D eigenvalue weighted by Crippen LogP contribution is -2.50. The summed E-state index contributed by atoms with van der Waals surface area (Å²) in [5, 5.41) is 0. The Morgan fingerprint density at radius 2 is 1.70 bits per heavy atom. The van der Waals surface area contributed by atoms with Crippen LogP contribution in [-0.4, -0.2) is 61.2 Å². The summed E-state index contributed by atoms with van der Waals surface area (Å²) in [5.41, 5.74) is 0.341. The molecule has 6 heteroatoms. The van der Waals surface area contributed by atoms with E-state index in [4.69, 9.17) is 4.74 Å². The van der Waals surface area contributed by atoms with Crippen molar-refractivity contribution in [1.82, 2.24) is 9.80 Å². The largest absolute Gasteiger partial charge is 0.497 e. The van der Waals surface area contributed by atoms with E-state index in [0.29, 0.717) is 37.5 Å². The number of methoxy groups -OCH3 is 1. The molecule has 0 spiro atoms. The maximum atomic E-state index is 12.1. The van der Waals surface area contributed by atoms with Gasteiger partial charge in [0.05, 0.1) is 7.11 Å². The molecule has 1 saturated heterocycles. The molecule has 2 rings (SSSR count). The molecule has 6 nitrogen and oxygen atoms in total. The molecule has 20 heavy (non-hydrogen) atoms. The van der Waals surface area contributed by atoms with E-state index in [1.807, 2.05) is 0 Å². The highest BCUT2D eigenvalue weighted by Crippen LogP contribution is 2.13. The quantitative estimate of drug-likeness (QED) is 0.447. The molecule has 0 radical (unpaired) electrons. The molecule has 1 aliphatic heterocycles. The predicted octanol–water partition coefficient (Wildman–Crippen LogP) is 0.178. The van der Waals surface area contributed by atoms with Gasteiger partial charge in [0.25, 0.3) is 5.91 Å². The lowest BCUT2D eigenvalue weighted by Gasteiger charge is -2.32. The van der Waals surface area contributed by atoms with Crippen molar-refractivity contribution in [2.75, 3.05) is 33.3 Å². The number of benzene rings is 1. The van der Waals surface area contributed by atoms with Gasteiger partial charge in [-0.2, -0.15) is 0 Å². The van der Waals surface area contributed by atoms with Crippen LogP contribution in [0.3, 0.4) is 0 Å². The average molecular weight is 276 g/mol. The van der Waals surface area contributed by atoms with E-state index in [9.17, 15) is 14.4 Å². The highest BCUT2D eigenvalue weighted by Gasteiger charge is 2.26. The minimum atomic E-state index is -0.535. The monoisotopic (exact) mass is 276 g/mol. The van der Waals surface area contributed by atoms with Gasteiger partial charge in [0.2, 0.25) is 12.2 Å². The fraction of sp³-hybridized carbons (Fsp3) is 0.357. The number of ether oxygens (including phenoxy) is 1. The Morgan fingerprint density at radius 1 is 1.10 bits per heavy atom. The highest BCUT2D eigenvalue weighted by molar-refractivity contribution is 6.42. The lowest BCUT2D eigenvalue weighted by atomic mass is 10.1. The molecule has 0 atom stereocenters. The van der Waals surface area contributed by atoms with Crippen LogP contribution in [0.5, 0.6) is 5.75 Å². The van der Waals surface area contributed by atoms with Gasteiger partial charge in [-0.1, -0.05) is 0 Å². The Balaban J connectivity index is 2.01. The summed E-state index contributed by atoms with van der Waals surface area (Å²) in [7, 11) is 1.54. The fourth-order valence-electron chi connectivity index (χ4n) is 2.04. The fourth-order valence-corrected chi connectivity index (χ4v) is 2.04. The second-order valence-electron chi connectivity index (χ2n) is 4.49. The summed E-state index contributed by atoms with van der Waals surface area (Å²) in [6, 6.07) is 6.43. The van der Waals surface area contributed by atoms with Gasteiger partial charge in [0.15, 0.2) is 0 Å². The van der Waals surface area contributed by atoms with E-state index >= 15 is 0 Å². The van der Waals surface area contributed by atoms with Crippen molar-refractivity contribution < 1.29 is 19.1 Å². The summed E-state index contributed by atoms with van der Waals surface area (Å²) in [4.78, 5) is 37.8. The highest BCUT2D eigenvalue weighted by atomic mass is 16.5. The summed E-state index contributed by atoms with van der Waals surface area (Å²) < 4.78 is 5.00. The van der Waals surface area contributed by atoms with Gasteiger partial charge in [0.1, 0.15) is 5.75 Å². The van der Waals surface area contributed by atoms with Crippen molar-refractivity contribution in [2.45, 2.75) is 0 Å². The van der Waals surface area contributed by atoms with Crippen LogP contribution in [0, 0.1) is 0 Å². The van der Waals surface area contributed by atoms with E-state index in [1.165, 1.54) is 12.0 Å². The molecule has 0 aliphatic carbocycles. The van der Waals surface area contributed by atoms with Gasteiger partial charge in [-0.15, -0.1) is 0 Å². The van der Waals surface area contributed by atoms with Crippen molar-refractivity contribution in [1.29, 1.82) is 0 Å². The third kappa shape index (κ3) is 2.96. The molecule has 1 fully saturated rings. The van der Waals surface area contributed by atoms with Crippen LogP contribution in [0.4, 0.5) is 0 Å². The number of ketones is 1. The summed E-state index contributed by atoms with van der Waals surface area (Å²) in [6.45, 7) is 1.70. The maximum Gasteiger partial charge on any atom is 0.295 e. The smallest absolute Gasteiger partial charge is 0.295 e. The van der Waals surface area contributed by atoms with Crippen LogP contribution in [0.2, 0.25) is 0 Å². The molecule has 0 saturated carbocycles. The Morgan fingerprint density at radius 3 is 2.20 bits per heavy atom. The van der Waals surface area contributed by atoms with Crippen molar-refractivity contribution in [3.63, 3.8) is 0 Å². The first kappa shape index (κ1) is 14.0. The molecular formula is C14H16N2O4. The van der Waals surface area contributed by atoms with Crippen molar-refractivity contribution in [2.24, 2.45) is 0 Å². The Kier molecular flexibility index (Phi) is 4.34. The number of Topliss-reactive ketones (excluding diaryl/α,β-unsaturated/α-hetero) is 1. The number of carbonyl (C=O) groups is 3. The third-order valence-corrected chi connectivity index (χ3v) is 3.30. The number of amides is 2. The molecule has 106 valence electrons. The minimum Gasteiger partial charge on any atom is -0.497 e.